The fraction of sp³-hybridized carbons (Fsp3) is 0. The molecule has 0 N–H and O–H groups in total. The summed E-state index contributed by atoms with van der Waals surface area (Å²) >= 11 is 5.99. The topological polar surface area (TPSA) is 86.7 Å². The average Bonchev–Trinajstić information content (AvgIpc) is 3.51. The third kappa shape index (κ3) is 3.90. The number of hydrogen-bond donors (Lipinski definition) is 0. The van der Waals surface area contributed by atoms with Crippen LogP contribution >= 0.6 is 11.6 Å². The quantitative estimate of drug-likeness (QED) is 0.384. The van der Waals surface area contributed by atoms with Crippen LogP contribution in [0.25, 0.3) is 28.3 Å². The Bertz CT molecular complexity index is 1340. The van der Waals surface area contributed by atoms with Crippen molar-refractivity contribution in [2.45, 2.75) is 9.79 Å². The lowest BCUT2D eigenvalue weighted by atomic mass is 10.1. The molecule has 152 valence electrons. The maximum Gasteiger partial charge on any atom is 0.214 e. The average molecular weight is 448 g/mol. The van der Waals surface area contributed by atoms with Gasteiger partial charge in [0.2, 0.25) is 12.2 Å². The van der Waals surface area contributed by atoms with Crippen LogP contribution in [0.5, 0.6) is 0 Å². The lowest BCUT2D eigenvalue weighted by Gasteiger charge is -2.04. The van der Waals surface area contributed by atoms with Crippen LogP contribution in [-0.2, 0) is 10.8 Å². The Morgan fingerprint density at radius 3 is 2.42 bits per heavy atom. The third-order valence-electron chi connectivity index (χ3n) is 4.60. The molecule has 1 unspecified atom stereocenters. The highest BCUT2D eigenvalue weighted by Gasteiger charge is 2.19. The maximum atomic E-state index is 13.4. The minimum atomic E-state index is -1.46. The van der Waals surface area contributed by atoms with Crippen LogP contribution in [0.15, 0.2) is 100.0 Å². The molecule has 3 heterocycles. The van der Waals surface area contributed by atoms with Gasteiger partial charge in [0.15, 0.2) is 0 Å². The summed E-state index contributed by atoms with van der Waals surface area (Å²) in [5, 5.41) is 9.16. The standard InChI is InChI=1S/C22H14ClN5O2S/c23-17-7-9-19(10-8-17)31(29)20-13-28(18-2-1-11-24-12-18)26-21(20)15-3-5-16(6-4-15)22-25-14-30-27-22/h1-14H. The predicted octanol–water partition coefficient (Wildman–Crippen LogP) is 4.80. The Balaban J connectivity index is 1.60. The lowest BCUT2D eigenvalue weighted by molar-refractivity contribution is 0.419. The van der Waals surface area contributed by atoms with Crippen LogP contribution in [0, 0.1) is 0 Å². The van der Waals surface area contributed by atoms with Gasteiger partial charge in [-0.25, -0.2) is 8.89 Å². The largest absolute Gasteiger partial charge is 0.342 e. The number of halogens is 1. The maximum absolute atomic E-state index is 13.4. The van der Waals surface area contributed by atoms with Crippen LogP contribution in [0.3, 0.4) is 0 Å². The van der Waals surface area contributed by atoms with Gasteiger partial charge in [0, 0.05) is 33.4 Å². The van der Waals surface area contributed by atoms with Crippen molar-refractivity contribution in [3.63, 3.8) is 0 Å². The van der Waals surface area contributed by atoms with Crippen molar-refractivity contribution in [2.24, 2.45) is 0 Å². The van der Waals surface area contributed by atoms with Gasteiger partial charge in [-0.2, -0.15) is 10.1 Å². The van der Waals surface area contributed by atoms with Gasteiger partial charge in [-0.3, -0.25) is 4.98 Å². The number of benzene rings is 2. The minimum Gasteiger partial charge on any atom is -0.342 e. The molecule has 0 saturated heterocycles. The summed E-state index contributed by atoms with van der Waals surface area (Å²) < 4.78 is 19.9. The highest BCUT2D eigenvalue weighted by Crippen LogP contribution is 2.30. The molecule has 2 aromatic carbocycles. The molecule has 31 heavy (non-hydrogen) atoms. The highest BCUT2D eigenvalue weighted by atomic mass is 35.5. The molecule has 5 rings (SSSR count). The fourth-order valence-electron chi connectivity index (χ4n) is 3.08. The Hall–Kier alpha value is -3.62. The van der Waals surface area contributed by atoms with E-state index in [4.69, 9.17) is 21.2 Å². The van der Waals surface area contributed by atoms with E-state index in [1.807, 2.05) is 36.4 Å². The van der Waals surface area contributed by atoms with Crippen molar-refractivity contribution in [3.8, 4) is 28.3 Å². The number of rotatable bonds is 5. The minimum absolute atomic E-state index is 0.498. The molecule has 0 aliphatic rings. The van der Waals surface area contributed by atoms with Crippen molar-refractivity contribution < 1.29 is 8.73 Å². The van der Waals surface area contributed by atoms with Crippen LogP contribution in [-0.4, -0.2) is 29.1 Å². The Morgan fingerprint density at radius 2 is 1.74 bits per heavy atom. The predicted molar refractivity (Wildman–Crippen MR) is 116 cm³/mol. The molecule has 0 fully saturated rings. The van der Waals surface area contributed by atoms with Crippen molar-refractivity contribution in [2.75, 3.05) is 0 Å². The van der Waals surface area contributed by atoms with E-state index >= 15 is 0 Å². The Kier molecular flexibility index (Phi) is 5.15. The Labute approximate surface area is 184 Å². The van der Waals surface area contributed by atoms with E-state index in [1.54, 1.807) is 47.5 Å². The SMILES string of the molecule is O=S(c1ccc(Cl)cc1)c1cn(-c2cccnc2)nc1-c1ccc(-c2ncon2)cc1. The summed E-state index contributed by atoms with van der Waals surface area (Å²) in [4.78, 5) is 9.43. The summed E-state index contributed by atoms with van der Waals surface area (Å²) in [5.41, 5.74) is 3.00. The fourth-order valence-corrected chi connectivity index (χ4v) is 4.37. The molecular weight excluding hydrogens is 434 g/mol. The molecular formula is C22H14ClN5O2S. The number of aromatic nitrogens is 5. The molecule has 0 spiro atoms. The monoisotopic (exact) mass is 447 g/mol. The molecule has 0 amide bonds. The van der Waals surface area contributed by atoms with Gasteiger partial charge in [-0.15, -0.1) is 0 Å². The molecule has 0 saturated carbocycles. The van der Waals surface area contributed by atoms with Crippen molar-refractivity contribution in [1.29, 1.82) is 0 Å². The van der Waals surface area contributed by atoms with E-state index in [0.717, 1.165) is 16.8 Å². The first-order chi connectivity index (χ1) is 15.2. The van der Waals surface area contributed by atoms with Gasteiger partial charge in [0.05, 0.1) is 27.6 Å². The van der Waals surface area contributed by atoms with E-state index in [-0.39, 0.29) is 0 Å². The molecule has 0 radical (unpaired) electrons. The normalized spacial score (nSPS) is 12.0. The molecule has 0 bridgehead atoms. The summed E-state index contributed by atoms with van der Waals surface area (Å²) in [7, 11) is -1.46. The van der Waals surface area contributed by atoms with E-state index in [9.17, 15) is 4.21 Å². The zero-order chi connectivity index (χ0) is 21.2. The van der Waals surface area contributed by atoms with Crippen LogP contribution in [0.1, 0.15) is 0 Å². The van der Waals surface area contributed by atoms with E-state index in [0.29, 0.717) is 26.3 Å². The van der Waals surface area contributed by atoms with Crippen molar-refractivity contribution in [1.82, 2.24) is 24.9 Å². The third-order valence-corrected chi connectivity index (χ3v) is 6.25. The number of pyridine rings is 1. The lowest BCUT2D eigenvalue weighted by Crippen LogP contribution is -1.95. The summed E-state index contributed by atoms with van der Waals surface area (Å²) in [6.45, 7) is 0. The molecule has 0 aliphatic heterocycles. The van der Waals surface area contributed by atoms with Gasteiger partial charge in [-0.05, 0) is 36.4 Å². The van der Waals surface area contributed by atoms with Gasteiger partial charge in [0.1, 0.15) is 5.69 Å². The van der Waals surface area contributed by atoms with Gasteiger partial charge >= 0.3 is 0 Å². The van der Waals surface area contributed by atoms with Crippen LogP contribution < -0.4 is 0 Å². The summed E-state index contributed by atoms with van der Waals surface area (Å²) in [6.07, 6.45) is 6.44. The first-order valence-electron chi connectivity index (χ1n) is 9.23. The van der Waals surface area contributed by atoms with Crippen LogP contribution in [0.2, 0.25) is 5.02 Å². The van der Waals surface area contributed by atoms with Crippen molar-refractivity contribution in [3.05, 3.63) is 90.7 Å². The first kappa shape index (κ1) is 19.3. The van der Waals surface area contributed by atoms with Crippen molar-refractivity contribution >= 4 is 22.4 Å². The van der Waals surface area contributed by atoms with Crippen LogP contribution in [0.4, 0.5) is 0 Å². The summed E-state index contributed by atoms with van der Waals surface area (Å²) in [6, 6.07) is 18.2. The number of nitrogens with zero attached hydrogens (tertiary/aromatic N) is 5. The molecule has 0 aliphatic carbocycles. The molecule has 3 aromatic heterocycles. The molecule has 1 atom stereocenters. The zero-order valence-corrected chi connectivity index (χ0v) is 17.5. The Morgan fingerprint density at radius 1 is 0.968 bits per heavy atom. The second-order valence-electron chi connectivity index (χ2n) is 6.55. The second-order valence-corrected chi connectivity index (χ2v) is 8.44. The molecule has 5 aromatic rings. The zero-order valence-electron chi connectivity index (χ0n) is 15.9. The first-order valence-corrected chi connectivity index (χ1v) is 10.8. The van der Waals surface area contributed by atoms with E-state index < -0.39 is 10.8 Å². The highest BCUT2D eigenvalue weighted by molar-refractivity contribution is 7.85. The smallest absolute Gasteiger partial charge is 0.214 e. The van der Waals surface area contributed by atoms with E-state index in [2.05, 4.69) is 15.1 Å². The van der Waals surface area contributed by atoms with E-state index in [1.165, 1.54) is 6.39 Å². The summed E-state index contributed by atoms with van der Waals surface area (Å²) in [5.74, 6) is 0.498. The second kappa shape index (κ2) is 8.25. The molecule has 9 heteroatoms. The van der Waals surface area contributed by atoms with Gasteiger partial charge in [-0.1, -0.05) is 41.0 Å². The van der Waals surface area contributed by atoms with Gasteiger partial charge < -0.3 is 4.52 Å². The van der Waals surface area contributed by atoms with Gasteiger partial charge in [0.25, 0.3) is 0 Å². The molecule has 7 nitrogen and oxygen atoms in total. The number of hydrogen-bond acceptors (Lipinski definition) is 6.